The second-order valence-corrected chi connectivity index (χ2v) is 11.5. The highest BCUT2D eigenvalue weighted by Crippen LogP contribution is 2.27. The van der Waals surface area contributed by atoms with Crippen molar-refractivity contribution in [3.63, 3.8) is 0 Å². The molecule has 2 amide bonds. The third-order valence-corrected chi connectivity index (χ3v) is 7.05. The van der Waals surface area contributed by atoms with E-state index in [2.05, 4.69) is 42.5 Å². The van der Waals surface area contributed by atoms with Crippen LogP contribution in [0.2, 0.25) is 0 Å². The SMILES string of the molecule is CNC(=O)c1ccnc2c([C@H](C)CNc3cc(-c4cnc(OC5CCN(C(=O)OC(C)(C)C)C5)nc4)ncn3)cccc12.S. The lowest BCUT2D eigenvalue weighted by Gasteiger charge is -2.24. The van der Waals surface area contributed by atoms with Crippen LogP contribution in [0.15, 0.2) is 55.2 Å². The van der Waals surface area contributed by atoms with Crippen molar-refractivity contribution < 1.29 is 19.1 Å². The number of hydrogen-bond acceptors (Lipinski definition) is 10. The van der Waals surface area contributed by atoms with Gasteiger partial charge < -0.3 is 25.0 Å². The predicted molar refractivity (Wildman–Crippen MR) is 172 cm³/mol. The largest absolute Gasteiger partial charge is 0.458 e. The molecule has 13 heteroatoms. The van der Waals surface area contributed by atoms with Crippen molar-refractivity contribution in [3.05, 3.63) is 66.4 Å². The van der Waals surface area contributed by atoms with Gasteiger partial charge in [0.15, 0.2) is 0 Å². The van der Waals surface area contributed by atoms with Crippen LogP contribution in [0, 0.1) is 0 Å². The maximum atomic E-state index is 12.3. The number of para-hydroxylation sites is 1. The highest BCUT2D eigenvalue weighted by molar-refractivity contribution is 7.59. The number of nitrogens with one attached hydrogen (secondary N) is 2. The van der Waals surface area contributed by atoms with Crippen LogP contribution >= 0.6 is 13.5 Å². The number of pyridine rings is 1. The Hall–Kier alpha value is -4.52. The van der Waals surface area contributed by atoms with Crippen molar-refractivity contribution in [2.24, 2.45) is 0 Å². The summed E-state index contributed by atoms with van der Waals surface area (Å²) in [4.78, 5) is 48.4. The van der Waals surface area contributed by atoms with E-state index in [9.17, 15) is 9.59 Å². The van der Waals surface area contributed by atoms with E-state index in [1.54, 1.807) is 36.6 Å². The van der Waals surface area contributed by atoms with Crippen molar-refractivity contribution in [2.75, 3.05) is 32.0 Å². The van der Waals surface area contributed by atoms with Gasteiger partial charge in [-0.25, -0.2) is 24.7 Å². The first-order valence-electron chi connectivity index (χ1n) is 14.2. The molecule has 1 aliphatic heterocycles. The molecule has 0 radical (unpaired) electrons. The first-order valence-corrected chi connectivity index (χ1v) is 14.2. The third kappa shape index (κ3) is 7.70. The normalized spacial score (nSPS) is 15.3. The predicted octanol–water partition coefficient (Wildman–Crippen LogP) is 4.56. The Morgan fingerprint density at radius 1 is 1.09 bits per heavy atom. The van der Waals surface area contributed by atoms with E-state index in [1.807, 2.05) is 45.0 Å². The summed E-state index contributed by atoms with van der Waals surface area (Å²) in [7, 11) is 1.62. The Bertz CT molecular complexity index is 1610. The van der Waals surface area contributed by atoms with Crippen LogP contribution in [0.3, 0.4) is 0 Å². The lowest BCUT2D eigenvalue weighted by atomic mass is 9.96. The summed E-state index contributed by atoms with van der Waals surface area (Å²) in [6.07, 6.45) is 6.59. The summed E-state index contributed by atoms with van der Waals surface area (Å²) >= 11 is 0. The summed E-state index contributed by atoms with van der Waals surface area (Å²) in [5.41, 5.74) is 3.27. The van der Waals surface area contributed by atoms with Gasteiger partial charge in [0.2, 0.25) is 0 Å². The molecule has 1 unspecified atom stereocenters. The molecule has 0 aliphatic carbocycles. The fourth-order valence-corrected chi connectivity index (χ4v) is 4.88. The lowest BCUT2D eigenvalue weighted by Crippen LogP contribution is -2.36. The minimum absolute atomic E-state index is 0. The van der Waals surface area contributed by atoms with E-state index in [0.717, 1.165) is 16.5 Å². The number of hydrogen-bond donors (Lipinski definition) is 2. The molecule has 12 nitrogen and oxygen atoms in total. The van der Waals surface area contributed by atoms with Crippen LogP contribution in [-0.4, -0.2) is 80.2 Å². The Balaban J connectivity index is 0.00000442. The molecular formula is C31H38N8O4S. The van der Waals surface area contributed by atoms with Crippen LogP contribution in [-0.2, 0) is 4.74 Å². The van der Waals surface area contributed by atoms with Gasteiger partial charge in [0.05, 0.1) is 23.3 Å². The number of amides is 2. The molecule has 0 saturated carbocycles. The minimum atomic E-state index is -0.545. The topological polar surface area (TPSA) is 144 Å². The van der Waals surface area contributed by atoms with Gasteiger partial charge in [-0.05, 0) is 32.4 Å². The smallest absolute Gasteiger partial charge is 0.410 e. The quantitative estimate of drug-likeness (QED) is 0.288. The molecule has 1 saturated heterocycles. The molecule has 4 aromatic rings. The van der Waals surface area contributed by atoms with Gasteiger partial charge in [0.1, 0.15) is 23.9 Å². The molecule has 2 N–H and O–H groups in total. The Labute approximate surface area is 263 Å². The van der Waals surface area contributed by atoms with Gasteiger partial charge in [0.25, 0.3) is 5.91 Å². The lowest BCUT2D eigenvalue weighted by molar-refractivity contribution is 0.0274. The molecule has 232 valence electrons. The van der Waals surface area contributed by atoms with Crippen LogP contribution in [0.5, 0.6) is 6.01 Å². The number of benzene rings is 1. The van der Waals surface area contributed by atoms with E-state index in [-0.39, 0.29) is 43.5 Å². The van der Waals surface area contributed by atoms with E-state index < -0.39 is 5.60 Å². The van der Waals surface area contributed by atoms with E-state index in [1.165, 1.54) is 6.33 Å². The highest BCUT2D eigenvalue weighted by Gasteiger charge is 2.31. The summed E-state index contributed by atoms with van der Waals surface area (Å²) in [5.74, 6) is 0.594. The summed E-state index contributed by atoms with van der Waals surface area (Å²) < 4.78 is 11.4. The van der Waals surface area contributed by atoms with E-state index >= 15 is 0 Å². The van der Waals surface area contributed by atoms with Crippen molar-refractivity contribution in [1.29, 1.82) is 0 Å². The fourth-order valence-electron chi connectivity index (χ4n) is 4.88. The first kappa shape index (κ1) is 32.4. The third-order valence-electron chi connectivity index (χ3n) is 7.05. The highest BCUT2D eigenvalue weighted by atomic mass is 32.1. The summed E-state index contributed by atoms with van der Waals surface area (Å²) in [6.45, 7) is 9.20. The van der Waals surface area contributed by atoms with Crippen molar-refractivity contribution in [2.45, 2.75) is 51.7 Å². The Morgan fingerprint density at radius 3 is 2.59 bits per heavy atom. The average Bonchev–Trinajstić information content (AvgIpc) is 3.47. The molecule has 4 heterocycles. The maximum absolute atomic E-state index is 12.3. The number of ether oxygens (including phenoxy) is 2. The molecule has 0 bridgehead atoms. The van der Waals surface area contributed by atoms with Gasteiger partial charge in [-0.15, -0.1) is 0 Å². The zero-order chi connectivity index (χ0) is 30.6. The second kappa shape index (κ2) is 13.8. The molecule has 1 aliphatic rings. The van der Waals surface area contributed by atoms with Crippen LogP contribution in [0.4, 0.5) is 10.6 Å². The van der Waals surface area contributed by atoms with Gasteiger partial charge in [-0.3, -0.25) is 9.78 Å². The number of rotatable bonds is 8. The van der Waals surface area contributed by atoms with E-state index in [4.69, 9.17) is 9.47 Å². The van der Waals surface area contributed by atoms with Gasteiger partial charge in [0, 0.05) is 68.1 Å². The number of carbonyl (C=O) groups is 2. The Kier molecular flexibility index (Phi) is 10.2. The number of anilines is 1. The van der Waals surface area contributed by atoms with Gasteiger partial charge in [-0.1, -0.05) is 25.1 Å². The summed E-state index contributed by atoms with van der Waals surface area (Å²) in [6, 6.07) is 9.70. The molecule has 3 aromatic heterocycles. The monoisotopic (exact) mass is 618 g/mol. The number of nitrogens with zero attached hydrogens (tertiary/aromatic N) is 6. The first-order chi connectivity index (χ1) is 20.6. The minimum Gasteiger partial charge on any atom is -0.458 e. The zero-order valence-electron chi connectivity index (χ0n) is 25.5. The molecular weight excluding hydrogens is 580 g/mol. The number of likely N-dealkylation sites (tertiary alicyclic amines) is 1. The van der Waals surface area contributed by atoms with Crippen LogP contribution in [0.25, 0.3) is 22.2 Å². The average molecular weight is 619 g/mol. The zero-order valence-corrected chi connectivity index (χ0v) is 26.5. The van der Waals surface area contributed by atoms with Crippen LogP contribution in [0.1, 0.15) is 56.0 Å². The Morgan fingerprint density at radius 2 is 1.86 bits per heavy atom. The number of carbonyl (C=O) groups excluding carboxylic acids is 2. The van der Waals surface area contributed by atoms with E-state index in [0.29, 0.717) is 48.7 Å². The fraction of sp³-hybridized carbons (Fsp3) is 0.387. The molecule has 2 atom stereocenters. The maximum Gasteiger partial charge on any atom is 0.410 e. The molecule has 0 spiro atoms. The van der Waals surface area contributed by atoms with Gasteiger partial charge in [-0.2, -0.15) is 13.5 Å². The van der Waals surface area contributed by atoms with Crippen molar-refractivity contribution in [3.8, 4) is 17.3 Å². The molecule has 1 aromatic carbocycles. The number of aromatic nitrogens is 5. The van der Waals surface area contributed by atoms with Gasteiger partial charge >= 0.3 is 12.1 Å². The second-order valence-electron chi connectivity index (χ2n) is 11.5. The number of fused-ring (bicyclic) bond motifs is 1. The molecule has 44 heavy (non-hydrogen) atoms. The van der Waals surface area contributed by atoms with Crippen molar-refractivity contribution in [1.82, 2.24) is 35.1 Å². The standard InChI is InChI=1S/C31H36N8O4.H2S/c1-19(22-7-6-8-23-24(28(40)32-5)9-11-33-27(22)23)14-34-26-13-25(37-18-38-26)20-15-35-29(36-16-20)42-21-10-12-39(17-21)30(41)43-31(2,3)4;/h6-9,11,13,15-16,18-19,21H,10,12,14,17H2,1-5H3,(H,32,40)(H,34,37,38);1H2/t19-,21?;/m1./s1. The van der Waals surface area contributed by atoms with Crippen LogP contribution < -0.4 is 15.4 Å². The molecule has 1 fully saturated rings. The van der Waals surface area contributed by atoms with Crippen molar-refractivity contribution >= 4 is 42.2 Å². The molecule has 5 rings (SSSR count). The summed E-state index contributed by atoms with van der Waals surface area (Å²) in [5, 5.41) is 6.89.